The van der Waals surface area contributed by atoms with Gasteiger partial charge in [-0.1, -0.05) is 0 Å². The van der Waals surface area contributed by atoms with E-state index >= 15 is 0 Å². The van der Waals surface area contributed by atoms with Crippen LogP contribution in [-0.4, -0.2) is 28.7 Å². The second-order valence-electron chi connectivity index (χ2n) is 3.72. The van der Waals surface area contributed by atoms with Crippen LogP contribution in [0.2, 0.25) is 0 Å². The SMILES string of the molecule is Cc1[nH]ncc1S(=O)(=O)Nc1nc(C(C)O)cs1. The molecule has 98 valence electrons. The molecule has 0 aromatic carbocycles. The summed E-state index contributed by atoms with van der Waals surface area (Å²) in [5, 5.41) is 17.4. The summed E-state index contributed by atoms with van der Waals surface area (Å²) in [5.41, 5.74) is 0.886. The van der Waals surface area contributed by atoms with Crippen molar-refractivity contribution in [1.29, 1.82) is 0 Å². The minimum Gasteiger partial charge on any atom is -0.387 e. The van der Waals surface area contributed by atoms with E-state index in [0.717, 1.165) is 11.3 Å². The summed E-state index contributed by atoms with van der Waals surface area (Å²) >= 11 is 1.12. The molecule has 1 atom stereocenters. The number of sulfonamides is 1. The van der Waals surface area contributed by atoms with Gasteiger partial charge in [-0.05, 0) is 13.8 Å². The summed E-state index contributed by atoms with van der Waals surface area (Å²) in [4.78, 5) is 4.06. The Morgan fingerprint density at radius 2 is 2.28 bits per heavy atom. The van der Waals surface area contributed by atoms with E-state index in [1.165, 1.54) is 6.20 Å². The lowest BCUT2D eigenvalue weighted by atomic mass is 10.3. The molecule has 0 spiro atoms. The summed E-state index contributed by atoms with van der Waals surface area (Å²) < 4.78 is 26.3. The largest absolute Gasteiger partial charge is 0.387 e. The van der Waals surface area contributed by atoms with Gasteiger partial charge in [0.25, 0.3) is 10.0 Å². The Labute approximate surface area is 108 Å². The molecule has 0 fully saturated rings. The molecule has 3 N–H and O–H groups in total. The van der Waals surface area contributed by atoms with Crippen molar-refractivity contribution in [2.75, 3.05) is 4.72 Å². The molecule has 2 heterocycles. The molecule has 7 nitrogen and oxygen atoms in total. The van der Waals surface area contributed by atoms with Crippen molar-refractivity contribution in [1.82, 2.24) is 15.2 Å². The van der Waals surface area contributed by atoms with E-state index in [1.54, 1.807) is 19.2 Å². The molecule has 9 heteroatoms. The van der Waals surface area contributed by atoms with Crippen molar-refractivity contribution in [3.05, 3.63) is 23.0 Å². The number of hydrogen-bond acceptors (Lipinski definition) is 6. The molecule has 0 radical (unpaired) electrons. The second-order valence-corrected chi connectivity index (χ2v) is 6.23. The first-order valence-electron chi connectivity index (χ1n) is 5.06. The number of aromatic nitrogens is 3. The zero-order valence-electron chi connectivity index (χ0n) is 9.71. The quantitative estimate of drug-likeness (QED) is 0.778. The maximum Gasteiger partial charge on any atom is 0.267 e. The number of anilines is 1. The summed E-state index contributed by atoms with van der Waals surface area (Å²) in [5.74, 6) is 0. The molecule has 18 heavy (non-hydrogen) atoms. The summed E-state index contributed by atoms with van der Waals surface area (Å²) in [6.07, 6.45) is 0.510. The lowest BCUT2D eigenvalue weighted by Crippen LogP contribution is -2.13. The molecule has 2 rings (SSSR count). The highest BCUT2D eigenvalue weighted by Crippen LogP contribution is 2.23. The number of rotatable bonds is 4. The Bertz CT molecular complexity index is 644. The van der Waals surface area contributed by atoms with Crippen LogP contribution in [0.5, 0.6) is 0 Å². The van der Waals surface area contributed by atoms with E-state index in [2.05, 4.69) is 19.9 Å². The van der Waals surface area contributed by atoms with E-state index < -0.39 is 16.1 Å². The van der Waals surface area contributed by atoms with Gasteiger partial charge in [0.2, 0.25) is 0 Å². The monoisotopic (exact) mass is 288 g/mol. The summed E-state index contributed by atoms with van der Waals surface area (Å²) in [6.45, 7) is 3.18. The minimum atomic E-state index is -3.69. The van der Waals surface area contributed by atoms with E-state index in [1.807, 2.05) is 0 Å². The Balaban J connectivity index is 2.25. The zero-order valence-corrected chi connectivity index (χ0v) is 11.3. The lowest BCUT2D eigenvalue weighted by molar-refractivity contribution is 0.195. The highest BCUT2D eigenvalue weighted by Gasteiger charge is 2.20. The Morgan fingerprint density at radius 3 is 2.78 bits per heavy atom. The van der Waals surface area contributed by atoms with Crippen LogP contribution in [0.1, 0.15) is 24.4 Å². The predicted octanol–water partition coefficient (Wildman–Crippen LogP) is 1.03. The van der Waals surface area contributed by atoms with Crippen LogP contribution >= 0.6 is 11.3 Å². The van der Waals surface area contributed by atoms with Crippen molar-refractivity contribution in [2.24, 2.45) is 0 Å². The Hall–Kier alpha value is -1.45. The number of nitrogens with one attached hydrogen (secondary N) is 2. The molecule has 0 amide bonds. The minimum absolute atomic E-state index is 0.0799. The highest BCUT2D eigenvalue weighted by atomic mass is 32.2. The first-order valence-corrected chi connectivity index (χ1v) is 7.42. The average Bonchev–Trinajstić information content (AvgIpc) is 2.86. The molecule has 0 saturated carbocycles. The number of aliphatic hydroxyl groups excluding tert-OH is 1. The van der Waals surface area contributed by atoms with Crippen LogP contribution in [-0.2, 0) is 10.0 Å². The van der Waals surface area contributed by atoms with E-state index in [-0.39, 0.29) is 10.0 Å². The molecular formula is C9H12N4O3S2. The zero-order chi connectivity index (χ0) is 13.3. The third-order valence-electron chi connectivity index (χ3n) is 2.24. The summed E-state index contributed by atoms with van der Waals surface area (Å²) in [6, 6.07) is 0. The molecule has 1 unspecified atom stereocenters. The Morgan fingerprint density at radius 1 is 1.56 bits per heavy atom. The molecule has 0 aliphatic carbocycles. The third-order valence-corrected chi connectivity index (χ3v) is 4.60. The second kappa shape index (κ2) is 4.67. The number of nitrogens with zero attached hydrogens (tertiary/aromatic N) is 2. The van der Waals surface area contributed by atoms with E-state index in [0.29, 0.717) is 11.4 Å². The van der Waals surface area contributed by atoms with Gasteiger partial charge in [0.15, 0.2) is 5.13 Å². The first kappa shape index (κ1) is 13.0. The number of aromatic amines is 1. The third kappa shape index (κ3) is 2.52. The van der Waals surface area contributed by atoms with Crippen LogP contribution in [0.4, 0.5) is 5.13 Å². The number of H-pyrrole nitrogens is 1. The summed E-state index contributed by atoms with van der Waals surface area (Å²) in [7, 11) is -3.69. The van der Waals surface area contributed by atoms with E-state index in [4.69, 9.17) is 0 Å². The van der Waals surface area contributed by atoms with Gasteiger partial charge < -0.3 is 5.11 Å². The number of aliphatic hydroxyl groups is 1. The van der Waals surface area contributed by atoms with Gasteiger partial charge in [-0.2, -0.15) is 5.10 Å². The predicted molar refractivity (Wildman–Crippen MR) is 66.9 cm³/mol. The van der Waals surface area contributed by atoms with Crippen molar-refractivity contribution >= 4 is 26.5 Å². The normalized spacial score (nSPS) is 13.5. The molecular weight excluding hydrogens is 276 g/mol. The number of hydrogen-bond donors (Lipinski definition) is 3. The lowest BCUT2D eigenvalue weighted by Gasteiger charge is -2.03. The smallest absolute Gasteiger partial charge is 0.267 e. The topological polar surface area (TPSA) is 108 Å². The van der Waals surface area contributed by atoms with Crippen LogP contribution in [0.3, 0.4) is 0 Å². The molecule has 0 bridgehead atoms. The number of thiazole rings is 1. The van der Waals surface area contributed by atoms with E-state index in [9.17, 15) is 13.5 Å². The van der Waals surface area contributed by atoms with Gasteiger partial charge in [-0.3, -0.25) is 9.82 Å². The van der Waals surface area contributed by atoms with Crippen molar-refractivity contribution in [2.45, 2.75) is 24.8 Å². The molecule has 0 aliphatic rings. The fraction of sp³-hybridized carbons (Fsp3) is 0.333. The van der Waals surface area contributed by atoms with Crippen molar-refractivity contribution in [3.8, 4) is 0 Å². The molecule has 0 aliphatic heterocycles. The Kier molecular flexibility index (Phi) is 3.37. The maximum absolute atomic E-state index is 12.0. The van der Waals surface area contributed by atoms with Gasteiger partial charge in [0.05, 0.1) is 23.7 Å². The van der Waals surface area contributed by atoms with Gasteiger partial charge >= 0.3 is 0 Å². The van der Waals surface area contributed by atoms with Crippen LogP contribution < -0.4 is 4.72 Å². The van der Waals surface area contributed by atoms with Gasteiger partial charge in [-0.15, -0.1) is 11.3 Å². The molecule has 2 aromatic rings. The standard InChI is InChI=1S/C9H12N4O3S2/c1-5-8(3-10-12-5)18(15,16)13-9-11-7(4-17-9)6(2)14/h3-4,6,14H,1-2H3,(H,10,12)(H,11,13). The first-order chi connectivity index (χ1) is 8.40. The van der Waals surface area contributed by atoms with Crippen LogP contribution in [0, 0.1) is 6.92 Å². The maximum atomic E-state index is 12.0. The van der Waals surface area contributed by atoms with Crippen LogP contribution in [0.25, 0.3) is 0 Å². The van der Waals surface area contributed by atoms with Crippen LogP contribution in [0.15, 0.2) is 16.5 Å². The fourth-order valence-corrected chi connectivity index (χ4v) is 3.49. The van der Waals surface area contributed by atoms with Gasteiger partial charge in [0.1, 0.15) is 4.90 Å². The van der Waals surface area contributed by atoms with Crippen molar-refractivity contribution in [3.63, 3.8) is 0 Å². The number of aryl methyl sites for hydroxylation is 1. The van der Waals surface area contributed by atoms with Gasteiger partial charge in [-0.25, -0.2) is 13.4 Å². The fourth-order valence-electron chi connectivity index (χ4n) is 1.31. The highest BCUT2D eigenvalue weighted by molar-refractivity contribution is 7.93. The molecule has 0 saturated heterocycles. The average molecular weight is 288 g/mol. The van der Waals surface area contributed by atoms with Crippen molar-refractivity contribution < 1.29 is 13.5 Å². The van der Waals surface area contributed by atoms with Gasteiger partial charge in [0, 0.05) is 5.38 Å². The molecule has 2 aromatic heterocycles.